The summed E-state index contributed by atoms with van der Waals surface area (Å²) in [4.78, 5) is 38.2. The van der Waals surface area contributed by atoms with E-state index >= 15 is 0 Å². The van der Waals surface area contributed by atoms with Crippen LogP contribution in [0.25, 0.3) is 0 Å². The van der Waals surface area contributed by atoms with Gasteiger partial charge in [-0.15, -0.1) is 0 Å². The second kappa shape index (κ2) is 60.8. The monoisotopic (exact) mass is 1020 g/mol. The minimum atomic E-state index is -0.835. The molecule has 1 atom stereocenters. The van der Waals surface area contributed by atoms with Crippen LogP contribution in [0.1, 0.15) is 245 Å². The zero-order valence-corrected chi connectivity index (χ0v) is 47.5. The molecule has 0 aromatic carbocycles. The molecule has 0 rings (SSSR count). The van der Waals surface area contributed by atoms with Crippen molar-refractivity contribution in [3.63, 3.8) is 0 Å². The maximum atomic E-state index is 12.9. The smallest absolute Gasteiger partial charge is 0.306 e. The predicted octanol–water partition coefficient (Wildman–Crippen LogP) is 20.4. The van der Waals surface area contributed by atoms with Crippen molar-refractivity contribution in [1.29, 1.82) is 0 Å². The second-order valence-electron chi connectivity index (χ2n) is 19.1. The molecular weight excluding hydrogens is 913 g/mol. The number of hydrogen-bond acceptors (Lipinski definition) is 6. The van der Waals surface area contributed by atoms with E-state index in [1.165, 1.54) is 64.2 Å². The first-order chi connectivity index (χ1) is 36.5. The molecule has 74 heavy (non-hydrogen) atoms. The molecule has 0 spiro atoms. The van der Waals surface area contributed by atoms with Gasteiger partial charge in [-0.05, 0) is 128 Å². The van der Waals surface area contributed by atoms with Crippen LogP contribution in [-0.4, -0.2) is 37.2 Å². The summed E-state index contributed by atoms with van der Waals surface area (Å²) in [6, 6.07) is 0. The highest BCUT2D eigenvalue weighted by Crippen LogP contribution is 2.13. The highest BCUT2D eigenvalue weighted by molar-refractivity contribution is 5.71. The molecule has 0 amide bonds. The lowest BCUT2D eigenvalue weighted by molar-refractivity contribution is -0.166. The number of unbranched alkanes of at least 4 members (excludes halogenated alkanes) is 17. The van der Waals surface area contributed by atoms with Gasteiger partial charge in [0.2, 0.25) is 0 Å². The van der Waals surface area contributed by atoms with Crippen LogP contribution in [0.4, 0.5) is 0 Å². The normalized spacial score (nSPS) is 13.2. The lowest BCUT2D eigenvalue weighted by Crippen LogP contribution is -2.30. The van der Waals surface area contributed by atoms with Crippen molar-refractivity contribution in [3.05, 3.63) is 146 Å². The van der Waals surface area contributed by atoms with Gasteiger partial charge in [-0.25, -0.2) is 0 Å². The molecule has 0 saturated heterocycles. The second-order valence-corrected chi connectivity index (χ2v) is 19.1. The minimum Gasteiger partial charge on any atom is -0.462 e. The van der Waals surface area contributed by atoms with Crippen LogP contribution >= 0.6 is 0 Å². The summed E-state index contributed by atoms with van der Waals surface area (Å²) in [6.45, 7) is 6.31. The van der Waals surface area contributed by atoms with Gasteiger partial charge in [0.05, 0.1) is 0 Å². The van der Waals surface area contributed by atoms with Crippen molar-refractivity contribution in [2.75, 3.05) is 13.2 Å². The SMILES string of the molecule is CC/C=C\C/C=C\C/C=C\C/C=C\C/C=C\C/C=C\CCC(=O)OC(COC(=O)CCCCCCC/C=C\C/C=C\CCCCCC)COC(=O)CCCCCCCCCC/C=C\C/C=C\C/C=C\C/C=C\CC. The third kappa shape index (κ3) is 58.2. The van der Waals surface area contributed by atoms with Gasteiger partial charge in [0, 0.05) is 19.3 Å². The zero-order valence-electron chi connectivity index (χ0n) is 47.5. The number of carbonyl (C=O) groups is 3. The van der Waals surface area contributed by atoms with Gasteiger partial charge in [0.15, 0.2) is 6.10 Å². The number of allylic oxidation sites excluding steroid dienone is 24. The number of ether oxygens (including phenoxy) is 3. The van der Waals surface area contributed by atoms with Crippen molar-refractivity contribution in [3.8, 4) is 0 Å². The van der Waals surface area contributed by atoms with Crippen LogP contribution < -0.4 is 0 Å². The molecule has 6 heteroatoms. The molecule has 0 aromatic heterocycles. The van der Waals surface area contributed by atoms with E-state index in [0.29, 0.717) is 19.3 Å². The first-order valence-corrected chi connectivity index (χ1v) is 29.8. The molecule has 0 N–H and O–H groups in total. The minimum absolute atomic E-state index is 0.123. The quantitative estimate of drug-likeness (QED) is 0.0261. The molecule has 0 saturated carbocycles. The van der Waals surface area contributed by atoms with Gasteiger partial charge in [0.25, 0.3) is 0 Å². The summed E-state index contributed by atoms with van der Waals surface area (Å²) in [5, 5.41) is 0. The Labute approximate surface area is 455 Å². The number of esters is 3. The molecular formula is C68H108O6. The molecule has 0 bridgehead atoms. The van der Waals surface area contributed by atoms with Crippen molar-refractivity contribution in [2.45, 2.75) is 252 Å². The molecule has 1 unspecified atom stereocenters. The van der Waals surface area contributed by atoms with Gasteiger partial charge in [-0.2, -0.15) is 0 Å². The Kier molecular flexibility index (Phi) is 57.0. The lowest BCUT2D eigenvalue weighted by Gasteiger charge is -2.18. The highest BCUT2D eigenvalue weighted by atomic mass is 16.6. The summed E-state index contributed by atoms with van der Waals surface area (Å²) in [5.41, 5.74) is 0. The predicted molar refractivity (Wildman–Crippen MR) is 320 cm³/mol. The molecule has 0 aliphatic carbocycles. The van der Waals surface area contributed by atoms with E-state index in [4.69, 9.17) is 14.2 Å². The molecule has 0 heterocycles. The summed E-state index contributed by atoms with van der Waals surface area (Å²) < 4.78 is 16.8. The lowest BCUT2D eigenvalue weighted by atomic mass is 10.1. The van der Waals surface area contributed by atoms with Crippen LogP contribution in [-0.2, 0) is 28.6 Å². The van der Waals surface area contributed by atoms with Crippen LogP contribution in [0.2, 0.25) is 0 Å². The summed E-state index contributed by atoms with van der Waals surface area (Å²) in [6.07, 6.45) is 87.0. The van der Waals surface area contributed by atoms with E-state index in [2.05, 4.69) is 154 Å². The maximum Gasteiger partial charge on any atom is 0.306 e. The first kappa shape index (κ1) is 69.3. The molecule has 6 nitrogen and oxygen atoms in total. The largest absolute Gasteiger partial charge is 0.462 e. The van der Waals surface area contributed by atoms with Crippen molar-refractivity contribution < 1.29 is 28.6 Å². The molecule has 0 fully saturated rings. The number of carbonyl (C=O) groups excluding carboxylic acids is 3. The molecule has 0 aliphatic heterocycles. The summed E-state index contributed by atoms with van der Waals surface area (Å²) >= 11 is 0. The van der Waals surface area contributed by atoms with E-state index in [1.807, 2.05) is 12.2 Å². The van der Waals surface area contributed by atoms with Gasteiger partial charge in [-0.1, -0.05) is 244 Å². The van der Waals surface area contributed by atoms with Crippen LogP contribution in [0, 0.1) is 0 Å². The highest BCUT2D eigenvalue weighted by Gasteiger charge is 2.19. The fourth-order valence-corrected chi connectivity index (χ4v) is 7.67. The van der Waals surface area contributed by atoms with E-state index in [-0.39, 0.29) is 31.6 Å². The van der Waals surface area contributed by atoms with Gasteiger partial charge in [0.1, 0.15) is 13.2 Å². The standard InChI is InChI=1S/C68H108O6/c1-4-7-10-13-16-19-22-25-28-31-33-34-36-37-40-43-46-49-52-55-58-61-67(70)73-64-65(63-72-66(69)60-57-54-51-48-45-42-39-30-27-24-21-18-15-12-9-6-3)74-68(71)62-59-56-53-50-47-44-41-38-35-32-29-26-23-20-17-14-11-8-5-2/h7-8,10-11,16-17,19-21,24-26,28-30,33-35,38-39,44,47,53,56,65H,4-6,9,12-15,18,22-23,27,31-32,36-37,40-43,45-46,48-52,54-55,57-64H2,1-3H3/b10-7-,11-8-,19-16-,20-17-,24-21-,28-25-,29-26-,34-33-,38-35-,39-30-,47-44-,56-53-. The van der Waals surface area contributed by atoms with Crippen molar-refractivity contribution in [1.82, 2.24) is 0 Å². The Morgan fingerprint density at radius 3 is 0.878 bits per heavy atom. The third-order valence-electron chi connectivity index (χ3n) is 12.1. The third-order valence-corrected chi connectivity index (χ3v) is 12.1. The summed E-state index contributed by atoms with van der Waals surface area (Å²) in [7, 11) is 0. The zero-order chi connectivity index (χ0) is 53.6. The van der Waals surface area contributed by atoms with Gasteiger partial charge >= 0.3 is 17.9 Å². The molecule has 416 valence electrons. The average molecular weight is 1020 g/mol. The van der Waals surface area contributed by atoms with Gasteiger partial charge in [-0.3, -0.25) is 14.4 Å². The Morgan fingerprint density at radius 2 is 0.554 bits per heavy atom. The van der Waals surface area contributed by atoms with Gasteiger partial charge < -0.3 is 14.2 Å². The fourth-order valence-electron chi connectivity index (χ4n) is 7.67. The van der Waals surface area contributed by atoms with Crippen LogP contribution in [0.3, 0.4) is 0 Å². The Hall–Kier alpha value is -4.71. The Balaban J connectivity index is 4.55. The topological polar surface area (TPSA) is 78.9 Å². The van der Waals surface area contributed by atoms with E-state index in [9.17, 15) is 14.4 Å². The van der Waals surface area contributed by atoms with Crippen LogP contribution in [0.5, 0.6) is 0 Å². The van der Waals surface area contributed by atoms with E-state index < -0.39 is 12.1 Å². The van der Waals surface area contributed by atoms with E-state index in [1.54, 1.807) is 0 Å². The summed E-state index contributed by atoms with van der Waals surface area (Å²) in [5.74, 6) is -1.03. The number of rotatable bonds is 52. The Morgan fingerprint density at radius 1 is 0.284 bits per heavy atom. The molecule has 0 aromatic rings. The maximum absolute atomic E-state index is 12.9. The first-order valence-electron chi connectivity index (χ1n) is 29.8. The molecule has 0 radical (unpaired) electrons. The number of hydrogen-bond donors (Lipinski definition) is 0. The van der Waals surface area contributed by atoms with Crippen molar-refractivity contribution >= 4 is 17.9 Å². The van der Waals surface area contributed by atoms with E-state index in [0.717, 1.165) is 135 Å². The molecule has 0 aliphatic rings. The average Bonchev–Trinajstić information content (AvgIpc) is 3.40. The van der Waals surface area contributed by atoms with Crippen molar-refractivity contribution in [2.24, 2.45) is 0 Å². The fraction of sp³-hybridized carbons (Fsp3) is 0.603. The Bertz CT molecular complexity index is 1640. The van der Waals surface area contributed by atoms with Crippen LogP contribution in [0.15, 0.2) is 146 Å².